The van der Waals surface area contributed by atoms with Crippen molar-refractivity contribution in [2.75, 3.05) is 12.4 Å². The van der Waals surface area contributed by atoms with Crippen molar-refractivity contribution in [2.24, 2.45) is 5.92 Å². The molecule has 1 amide bonds. The SMILES string of the molecule is O=C1NCC[C@H]1CCCl. The summed E-state index contributed by atoms with van der Waals surface area (Å²) >= 11 is 5.47. The van der Waals surface area contributed by atoms with Crippen LogP contribution in [0.25, 0.3) is 0 Å². The fourth-order valence-corrected chi connectivity index (χ4v) is 1.32. The Morgan fingerprint density at radius 2 is 2.56 bits per heavy atom. The molecule has 1 atom stereocenters. The number of hydrogen-bond donors (Lipinski definition) is 1. The van der Waals surface area contributed by atoms with Crippen molar-refractivity contribution in [3.05, 3.63) is 0 Å². The number of carbonyl (C=O) groups excluding carboxylic acids is 1. The first-order chi connectivity index (χ1) is 4.34. The van der Waals surface area contributed by atoms with E-state index in [2.05, 4.69) is 5.32 Å². The summed E-state index contributed by atoms with van der Waals surface area (Å²) in [6.07, 6.45) is 1.79. The van der Waals surface area contributed by atoms with Gasteiger partial charge in [-0.2, -0.15) is 0 Å². The molecule has 2 nitrogen and oxygen atoms in total. The third-order valence-corrected chi connectivity index (χ3v) is 1.84. The van der Waals surface area contributed by atoms with E-state index in [9.17, 15) is 4.79 Å². The van der Waals surface area contributed by atoms with Crippen molar-refractivity contribution in [3.63, 3.8) is 0 Å². The van der Waals surface area contributed by atoms with Gasteiger partial charge in [0.05, 0.1) is 0 Å². The summed E-state index contributed by atoms with van der Waals surface area (Å²) in [7, 11) is 0. The van der Waals surface area contributed by atoms with Gasteiger partial charge in [0.15, 0.2) is 0 Å². The van der Waals surface area contributed by atoms with Crippen molar-refractivity contribution in [2.45, 2.75) is 12.8 Å². The van der Waals surface area contributed by atoms with Crippen LogP contribution in [-0.4, -0.2) is 18.3 Å². The molecule has 3 heteroatoms. The third-order valence-electron chi connectivity index (χ3n) is 1.62. The second-order valence-electron chi connectivity index (χ2n) is 2.25. The molecule has 0 spiro atoms. The summed E-state index contributed by atoms with van der Waals surface area (Å²) in [6.45, 7) is 0.834. The first kappa shape index (κ1) is 6.87. The molecule has 0 aromatic heterocycles. The standard InChI is InChI=1S/C6H10ClNO/c7-3-1-5-2-4-8-6(5)9/h5H,1-4H2,(H,8,9)/t5-/m1/s1. The maximum atomic E-state index is 10.8. The Balaban J connectivity index is 2.31. The van der Waals surface area contributed by atoms with Gasteiger partial charge in [-0.1, -0.05) is 0 Å². The lowest BCUT2D eigenvalue weighted by atomic mass is 10.1. The number of amides is 1. The van der Waals surface area contributed by atoms with Crippen LogP contribution in [0.3, 0.4) is 0 Å². The molecule has 1 saturated heterocycles. The van der Waals surface area contributed by atoms with E-state index in [1.807, 2.05) is 0 Å². The fraction of sp³-hybridized carbons (Fsp3) is 0.833. The normalized spacial score (nSPS) is 26.3. The van der Waals surface area contributed by atoms with Gasteiger partial charge >= 0.3 is 0 Å². The van der Waals surface area contributed by atoms with E-state index >= 15 is 0 Å². The topological polar surface area (TPSA) is 29.1 Å². The third kappa shape index (κ3) is 1.58. The minimum Gasteiger partial charge on any atom is -0.356 e. The van der Waals surface area contributed by atoms with E-state index < -0.39 is 0 Å². The summed E-state index contributed by atoms with van der Waals surface area (Å²) < 4.78 is 0. The van der Waals surface area contributed by atoms with E-state index in [1.54, 1.807) is 0 Å². The highest BCUT2D eigenvalue weighted by atomic mass is 35.5. The lowest BCUT2D eigenvalue weighted by molar-refractivity contribution is -0.122. The molecule has 1 fully saturated rings. The van der Waals surface area contributed by atoms with Gasteiger partial charge < -0.3 is 5.32 Å². The first-order valence-corrected chi connectivity index (χ1v) is 3.71. The van der Waals surface area contributed by atoms with E-state index in [-0.39, 0.29) is 11.8 Å². The minimum atomic E-state index is 0.177. The van der Waals surface area contributed by atoms with E-state index in [4.69, 9.17) is 11.6 Å². The average Bonchev–Trinajstić information content (AvgIpc) is 2.18. The molecule has 0 saturated carbocycles. The van der Waals surface area contributed by atoms with Crippen molar-refractivity contribution < 1.29 is 4.79 Å². The number of hydrogen-bond acceptors (Lipinski definition) is 1. The predicted octanol–water partition coefficient (Wildman–Crippen LogP) is 0.751. The van der Waals surface area contributed by atoms with E-state index in [0.29, 0.717) is 5.88 Å². The summed E-state index contributed by atoms with van der Waals surface area (Å²) in [6, 6.07) is 0. The molecule has 9 heavy (non-hydrogen) atoms. The number of rotatable bonds is 2. The van der Waals surface area contributed by atoms with Gasteiger partial charge in [-0.05, 0) is 12.8 Å². The van der Waals surface area contributed by atoms with Crippen LogP contribution >= 0.6 is 11.6 Å². The van der Waals surface area contributed by atoms with Gasteiger partial charge in [0, 0.05) is 18.3 Å². The smallest absolute Gasteiger partial charge is 0.223 e. The largest absolute Gasteiger partial charge is 0.356 e. The highest BCUT2D eigenvalue weighted by Crippen LogP contribution is 2.13. The predicted molar refractivity (Wildman–Crippen MR) is 36.5 cm³/mol. The number of halogens is 1. The Kier molecular flexibility index (Phi) is 2.34. The highest BCUT2D eigenvalue weighted by molar-refractivity contribution is 6.18. The van der Waals surface area contributed by atoms with Crippen LogP contribution in [0, 0.1) is 5.92 Å². The molecular weight excluding hydrogens is 138 g/mol. The van der Waals surface area contributed by atoms with Crippen molar-refractivity contribution in [1.29, 1.82) is 0 Å². The van der Waals surface area contributed by atoms with Crippen LogP contribution in [0.15, 0.2) is 0 Å². The molecule has 1 rings (SSSR count). The Bertz CT molecular complexity index is 116. The van der Waals surface area contributed by atoms with Crippen molar-refractivity contribution in [3.8, 4) is 0 Å². The van der Waals surface area contributed by atoms with E-state index in [1.165, 1.54) is 0 Å². The molecule has 1 heterocycles. The zero-order chi connectivity index (χ0) is 6.69. The number of nitrogens with one attached hydrogen (secondary N) is 1. The molecule has 0 aliphatic carbocycles. The van der Waals surface area contributed by atoms with Crippen LogP contribution in [0.4, 0.5) is 0 Å². The first-order valence-electron chi connectivity index (χ1n) is 3.18. The molecule has 0 bridgehead atoms. The van der Waals surface area contributed by atoms with E-state index in [0.717, 1.165) is 19.4 Å². The van der Waals surface area contributed by atoms with Crippen LogP contribution in [0.1, 0.15) is 12.8 Å². The van der Waals surface area contributed by atoms with Gasteiger partial charge in [-0.15, -0.1) is 11.6 Å². The zero-order valence-corrected chi connectivity index (χ0v) is 5.95. The summed E-state index contributed by atoms with van der Waals surface area (Å²) in [5, 5.41) is 2.76. The molecule has 0 aromatic rings. The number of carbonyl (C=O) groups is 1. The van der Waals surface area contributed by atoms with Crippen molar-refractivity contribution >= 4 is 17.5 Å². The minimum absolute atomic E-state index is 0.177. The quantitative estimate of drug-likeness (QED) is 0.574. The molecule has 0 aromatic carbocycles. The molecule has 1 N–H and O–H groups in total. The Morgan fingerprint density at radius 1 is 1.78 bits per heavy atom. The Labute approximate surface area is 59.6 Å². The van der Waals surface area contributed by atoms with Gasteiger partial charge in [0.2, 0.25) is 5.91 Å². The second-order valence-corrected chi connectivity index (χ2v) is 2.63. The molecular formula is C6H10ClNO. The monoisotopic (exact) mass is 147 g/mol. The maximum absolute atomic E-state index is 10.8. The van der Waals surface area contributed by atoms with Crippen molar-refractivity contribution in [1.82, 2.24) is 5.32 Å². The Morgan fingerprint density at radius 3 is 3.00 bits per heavy atom. The van der Waals surface area contributed by atoms with Gasteiger partial charge in [-0.3, -0.25) is 4.79 Å². The van der Waals surface area contributed by atoms with Gasteiger partial charge in [0.25, 0.3) is 0 Å². The van der Waals surface area contributed by atoms with Crippen LogP contribution in [0.2, 0.25) is 0 Å². The number of alkyl halides is 1. The maximum Gasteiger partial charge on any atom is 0.223 e. The average molecular weight is 148 g/mol. The molecule has 1 aliphatic rings. The molecule has 0 radical (unpaired) electrons. The van der Waals surface area contributed by atoms with Crippen LogP contribution in [-0.2, 0) is 4.79 Å². The lowest BCUT2D eigenvalue weighted by Gasteiger charge is -2.00. The molecule has 0 unspecified atom stereocenters. The fourth-order valence-electron chi connectivity index (χ4n) is 1.05. The molecule has 52 valence electrons. The second kappa shape index (κ2) is 3.06. The summed E-state index contributed by atoms with van der Waals surface area (Å²) in [4.78, 5) is 10.8. The zero-order valence-electron chi connectivity index (χ0n) is 5.19. The van der Waals surface area contributed by atoms with Gasteiger partial charge in [0.1, 0.15) is 0 Å². The summed E-state index contributed by atoms with van der Waals surface area (Å²) in [5.41, 5.74) is 0. The Hall–Kier alpha value is -0.240. The van der Waals surface area contributed by atoms with Crippen LogP contribution < -0.4 is 5.32 Å². The lowest BCUT2D eigenvalue weighted by Crippen LogP contribution is -2.19. The molecule has 1 aliphatic heterocycles. The van der Waals surface area contributed by atoms with Crippen LogP contribution in [0.5, 0.6) is 0 Å². The highest BCUT2D eigenvalue weighted by Gasteiger charge is 2.22. The van der Waals surface area contributed by atoms with Gasteiger partial charge in [-0.25, -0.2) is 0 Å². The summed E-state index contributed by atoms with van der Waals surface area (Å²) in [5.74, 6) is 0.969.